The lowest BCUT2D eigenvalue weighted by Crippen LogP contribution is -2.37. The second kappa shape index (κ2) is 11.0. The topological polar surface area (TPSA) is 150 Å². The Morgan fingerprint density at radius 1 is 0.917 bits per heavy atom. The minimum Gasteiger partial charge on any atom is -0.383 e. The molecule has 198 valence electrons. The summed E-state index contributed by atoms with van der Waals surface area (Å²) in [6, 6.07) is 7.33. The first-order chi connectivity index (χ1) is 16.3. The van der Waals surface area contributed by atoms with Gasteiger partial charge >= 0.3 is 0 Å². The number of hydrogen-bond acceptors (Lipinski definition) is 8. The van der Waals surface area contributed by atoms with Crippen LogP contribution in [0, 0.1) is 20.2 Å². The molecule has 2 aromatic carbocycles. The molecule has 0 aromatic heterocycles. The lowest BCUT2D eigenvalue weighted by molar-refractivity contribution is -0.394. The molecular weight excluding hydrogens is 535 g/mol. The van der Waals surface area contributed by atoms with Gasteiger partial charge in [0.25, 0.3) is 21.5 Å². The molecule has 0 radical (unpaired) electrons. The van der Waals surface area contributed by atoms with Gasteiger partial charge < -0.3 is 5.11 Å². The summed E-state index contributed by atoms with van der Waals surface area (Å²) >= 11 is 12.4. The Hall–Kier alpha value is -2.31. The van der Waals surface area contributed by atoms with Gasteiger partial charge in [0.05, 0.1) is 22.5 Å². The molecule has 0 spiro atoms. The van der Waals surface area contributed by atoms with E-state index in [0.717, 1.165) is 11.1 Å². The smallest absolute Gasteiger partial charge is 0.297 e. The summed E-state index contributed by atoms with van der Waals surface area (Å²) in [7, 11) is -4.78. The van der Waals surface area contributed by atoms with Crippen LogP contribution in [-0.2, 0) is 19.9 Å². The maximum Gasteiger partial charge on any atom is 0.297 e. The molecule has 1 atom stereocenters. The fourth-order valence-electron chi connectivity index (χ4n) is 3.53. The molecule has 1 N–H and O–H groups in total. The normalized spacial score (nSPS) is 14.2. The first-order valence-corrected chi connectivity index (χ1v) is 13.1. The van der Waals surface area contributed by atoms with Crippen LogP contribution in [0.5, 0.6) is 0 Å². The first-order valence-electron chi connectivity index (χ1n) is 10.9. The molecule has 0 aliphatic heterocycles. The lowest BCUT2D eigenvalue weighted by atomic mass is 9.84. The molecule has 2 rings (SSSR count). The van der Waals surface area contributed by atoms with Crippen molar-refractivity contribution < 1.29 is 27.6 Å². The van der Waals surface area contributed by atoms with Gasteiger partial charge in [0.2, 0.25) is 0 Å². The summed E-state index contributed by atoms with van der Waals surface area (Å²) < 4.78 is 29.5. The number of rotatable bonds is 11. The van der Waals surface area contributed by atoms with E-state index in [1.165, 1.54) is 6.92 Å². The van der Waals surface area contributed by atoms with Crippen molar-refractivity contribution in [3.05, 3.63) is 73.3 Å². The van der Waals surface area contributed by atoms with E-state index in [2.05, 4.69) is 0 Å². The van der Waals surface area contributed by atoms with Crippen LogP contribution in [0.25, 0.3) is 0 Å². The van der Waals surface area contributed by atoms with Crippen molar-refractivity contribution >= 4 is 44.7 Å². The van der Waals surface area contributed by atoms with E-state index in [1.807, 2.05) is 33.8 Å². The first kappa shape index (κ1) is 29.9. The number of non-ortho nitro benzene ring substituents is 2. The minimum atomic E-state index is -4.78. The summed E-state index contributed by atoms with van der Waals surface area (Å²) in [4.78, 5) is 19.6. The van der Waals surface area contributed by atoms with E-state index < -0.39 is 52.8 Å². The van der Waals surface area contributed by atoms with Crippen LogP contribution in [0.1, 0.15) is 69.6 Å². The zero-order chi connectivity index (χ0) is 27.6. The Morgan fingerprint density at radius 3 is 1.72 bits per heavy atom. The summed E-state index contributed by atoms with van der Waals surface area (Å²) in [5, 5.41) is 34.0. The van der Waals surface area contributed by atoms with Gasteiger partial charge in [0.1, 0.15) is 14.8 Å². The largest absolute Gasteiger partial charge is 0.383 e. The number of benzene rings is 2. The summed E-state index contributed by atoms with van der Waals surface area (Å²) in [6.07, 6.45) is -0.327. The average molecular weight is 563 g/mol. The number of halogens is 2. The maximum atomic E-state index is 12.9. The number of nitrogens with zero attached hydrogens (tertiary/aromatic N) is 2. The monoisotopic (exact) mass is 562 g/mol. The molecule has 0 saturated heterocycles. The van der Waals surface area contributed by atoms with Gasteiger partial charge in [0, 0.05) is 18.6 Å². The molecule has 36 heavy (non-hydrogen) atoms. The van der Waals surface area contributed by atoms with Gasteiger partial charge in [-0.15, -0.1) is 23.2 Å². The second-order valence-corrected chi connectivity index (χ2v) is 12.9. The van der Waals surface area contributed by atoms with Crippen LogP contribution in [0.2, 0.25) is 0 Å². The minimum absolute atomic E-state index is 0.0835. The van der Waals surface area contributed by atoms with Gasteiger partial charge in [-0.2, -0.15) is 8.42 Å². The van der Waals surface area contributed by atoms with E-state index in [0.29, 0.717) is 23.8 Å². The van der Waals surface area contributed by atoms with Crippen molar-refractivity contribution in [1.82, 2.24) is 0 Å². The average Bonchev–Trinajstić information content (AvgIpc) is 2.75. The van der Waals surface area contributed by atoms with Crippen molar-refractivity contribution in [3.63, 3.8) is 0 Å². The van der Waals surface area contributed by atoms with Gasteiger partial charge in [-0.25, -0.2) is 0 Å². The maximum absolute atomic E-state index is 12.9. The van der Waals surface area contributed by atoms with E-state index in [9.17, 15) is 33.8 Å². The Balaban J connectivity index is 2.58. The highest BCUT2D eigenvalue weighted by Gasteiger charge is 2.39. The number of nitro groups is 2. The fourth-order valence-corrected chi connectivity index (χ4v) is 4.99. The number of alkyl halides is 2. The van der Waals surface area contributed by atoms with Gasteiger partial charge in [-0.1, -0.05) is 45.9 Å². The van der Waals surface area contributed by atoms with Crippen LogP contribution in [0.3, 0.4) is 0 Å². The summed E-state index contributed by atoms with van der Waals surface area (Å²) in [6.45, 7) is 8.43. The number of hydrogen-bond donors (Lipinski definition) is 1. The lowest BCUT2D eigenvalue weighted by Gasteiger charge is -2.33. The van der Waals surface area contributed by atoms with Crippen LogP contribution in [0.15, 0.2) is 41.3 Å². The molecule has 10 nitrogen and oxygen atoms in total. The Kier molecular flexibility index (Phi) is 9.12. The molecule has 0 heterocycles. The van der Waals surface area contributed by atoms with E-state index >= 15 is 0 Å². The number of aliphatic hydroxyl groups is 1. The molecule has 1 unspecified atom stereocenters. The SMILES string of the molecule is CC(C)c1cc(C(C)C)cc(C(O)(COS(=O)(=O)c2cc([N+](=O)[O-])cc([N+](=O)[O-])c2)CC(C)(Cl)Cl)c1. The van der Waals surface area contributed by atoms with E-state index in [4.69, 9.17) is 27.4 Å². The van der Waals surface area contributed by atoms with Crippen molar-refractivity contribution in [2.75, 3.05) is 6.61 Å². The zero-order valence-corrected chi connectivity index (χ0v) is 22.7. The highest BCUT2D eigenvalue weighted by Crippen LogP contribution is 2.40. The molecule has 0 amide bonds. The van der Waals surface area contributed by atoms with Crippen LogP contribution >= 0.6 is 23.2 Å². The van der Waals surface area contributed by atoms with Crippen LogP contribution in [0.4, 0.5) is 11.4 Å². The molecule has 13 heteroatoms. The Labute approximate surface area is 219 Å². The van der Waals surface area contributed by atoms with Crippen molar-refractivity contribution in [3.8, 4) is 0 Å². The fraction of sp³-hybridized carbons (Fsp3) is 0.478. The summed E-state index contributed by atoms with van der Waals surface area (Å²) in [5.41, 5.74) is -1.50. The van der Waals surface area contributed by atoms with Gasteiger partial charge in [-0.05, 0) is 35.4 Å². The van der Waals surface area contributed by atoms with Gasteiger partial charge in [-0.3, -0.25) is 24.4 Å². The molecule has 0 bridgehead atoms. The second-order valence-electron chi connectivity index (χ2n) is 9.39. The highest BCUT2D eigenvalue weighted by atomic mass is 35.5. The molecule has 0 fully saturated rings. The van der Waals surface area contributed by atoms with E-state index in [1.54, 1.807) is 12.1 Å². The van der Waals surface area contributed by atoms with Crippen LogP contribution < -0.4 is 0 Å². The van der Waals surface area contributed by atoms with Crippen molar-refractivity contribution in [1.29, 1.82) is 0 Å². The highest BCUT2D eigenvalue weighted by molar-refractivity contribution is 7.86. The molecule has 0 aliphatic rings. The van der Waals surface area contributed by atoms with Crippen molar-refractivity contribution in [2.24, 2.45) is 0 Å². The quantitative estimate of drug-likeness (QED) is 0.153. The molecule has 0 saturated carbocycles. The molecular formula is C23H28Cl2N2O8S. The third-order valence-corrected chi connectivity index (χ3v) is 7.00. The standard InChI is InChI=1S/C23H28Cl2N2O8S/c1-14(2)16-6-17(15(3)4)8-18(7-16)23(28,12-22(5,24)25)13-35-36(33,34)21-10-19(26(29)30)9-20(11-21)27(31)32/h6-11,14-15,28H,12-13H2,1-5H3. The third-order valence-electron chi connectivity index (χ3n) is 5.49. The number of nitro benzene ring substituents is 2. The Morgan fingerprint density at radius 2 is 1.36 bits per heavy atom. The van der Waals surface area contributed by atoms with Crippen molar-refractivity contribution in [2.45, 2.75) is 67.7 Å². The Bertz CT molecular complexity index is 1200. The zero-order valence-electron chi connectivity index (χ0n) is 20.4. The molecule has 0 aliphatic carbocycles. The van der Waals surface area contributed by atoms with Gasteiger partial charge in [0.15, 0.2) is 0 Å². The van der Waals surface area contributed by atoms with E-state index in [-0.39, 0.29) is 18.3 Å². The van der Waals surface area contributed by atoms with Crippen LogP contribution in [-0.4, -0.2) is 34.3 Å². The predicted octanol–water partition coefficient (Wildman–Crippen LogP) is 5.93. The third kappa shape index (κ3) is 7.59. The predicted molar refractivity (Wildman–Crippen MR) is 136 cm³/mol. The molecule has 2 aromatic rings. The summed E-state index contributed by atoms with van der Waals surface area (Å²) in [5.74, 6) is 0.167.